The van der Waals surface area contributed by atoms with Crippen LogP contribution < -0.4 is 4.90 Å². The molecular weight excluding hydrogens is 318 g/mol. The predicted molar refractivity (Wildman–Crippen MR) is 85.5 cm³/mol. The van der Waals surface area contributed by atoms with Gasteiger partial charge in [-0.2, -0.15) is 0 Å². The minimum Gasteiger partial charge on any atom is -0.478 e. The van der Waals surface area contributed by atoms with Crippen LogP contribution >= 0.6 is 15.9 Å². The summed E-state index contributed by atoms with van der Waals surface area (Å²) in [5.74, 6) is -0.897. The number of benzene rings is 1. The number of anilines is 1. The summed E-state index contributed by atoms with van der Waals surface area (Å²) in [6.07, 6.45) is 3.34. The summed E-state index contributed by atoms with van der Waals surface area (Å²) in [4.78, 5) is 13.2. The van der Waals surface area contributed by atoms with Gasteiger partial charge in [-0.05, 0) is 46.0 Å². The summed E-state index contributed by atoms with van der Waals surface area (Å²) in [5, 5.41) is 8.99. The number of aromatic carboxylic acids is 1. The molecule has 2 rings (SSSR count). The minimum absolute atomic E-state index is 0.233. The predicted octanol–water partition coefficient (Wildman–Crippen LogP) is 4.33. The molecule has 3 nitrogen and oxygen atoms in total. The Morgan fingerprint density at radius 1 is 1.35 bits per heavy atom. The Hall–Kier alpha value is -1.29. The normalized spacial score (nSPS) is 16.0. The molecule has 1 aliphatic heterocycles. The van der Waals surface area contributed by atoms with E-state index in [4.69, 9.17) is 5.11 Å². The number of rotatable bonds is 2. The number of hydrogen-bond donors (Lipinski definition) is 1. The Kier molecular flexibility index (Phi) is 4.23. The van der Waals surface area contributed by atoms with Crippen LogP contribution in [-0.4, -0.2) is 24.2 Å². The molecule has 1 heterocycles. The zero-order chi connectivity index (χ0) is 14.9. The van der Waals surface area contributed by atoms with Gasteiger partial charge in [0.15, 0.2) is 0 Å². The standard InChI is InChI=1S/C16H20BrNO2/c1-16(2,3)12-6-8-18(9-7-12)14-5-4-11(15(19)20)10-13(14)17/h4-6,10H,7-9H2,1-3H3,(H,19,20). The van der Waals surface area contributed by atoms with Crippen molar-refractivity contribution in [2.45, 2.75) is 27.2 Å². The SMILES string of the molecule is CC(C)(C)C1=CCN(c2ccc(C(=O)O)cc2Br)CC1. The van der Waals surface area contributed by atoms with E-state index >= 15 is 0 Å². The van der Waals surface area contributed by atoms with Crippen molar-refractivity contribution in [1.29, 1.82) is 0 Å². The second kappa shape index (κ2) is 5.60. The van der Waals surface area contributed by atoms with Crippen molar-refractivity contribution in [3.8, 4) is 0 Å². The van der Waals surface area contributed by atoms with Crippen molar-refractivity contribution in [3.63, 3.8) is 0 Å². The van der Waals surface area contributed by atoms with Crippen LogP contribution in [0, 0.1) is 5.41 Å². The fraction of sp³-hybridized carbons (Fsp3) is 0.438. The van der Waals surface area contributed by atoms with E-state index < -0.39 is 5.97 Å². The maximum absolute atomic E-state index is 11.0. The van der Waals surface area contributed by atoms with Crippen LogP contribution in [0.5, 0.6) is 0 Å². The monoisotopic (exact) mass is 337 g/mol. The molecule has 1 aliphatic rings. The molecule has 1 N–H and O–H groups in total. The molecule has 0 aliphatic carbocycles. The van der Waals surface area contributed by atoms with E-state index in [9.17, 15) is 4.79 Å². The molecule has 1 aromatic rings. The van der Waals surface area contributed by atoms with Crippen molar-refractivity contribution >= 4 is 27.6 Å². The Labute approximate surface area is 128 Å². The van der Waals surface area contributed by atoms with Gasteiger partial charge in [0, 0.05) is 17.6 Å². The third kappa shape index (κ3) is 3.23. The highest BCUT2D eigenvalue weighted by Crippen LogP contribution is 2.34. The summed E-state index contributed by atoms with van der Waals surface area (Å²) < 4.78 is 0.838. The molecule has 0 unspecified atom stereocenters. The summed E-state index contributed by atoms with van der Waals surface area (Å²) in [5.41, 5.74) is 3.09. The van der Waals surface area contributed by atoms with Crippen LogP contribution in [0.1, 0.15) is 37.6 Å². The van der Waals surface area contributed by atoms with Gasteiger partial charge in [0.05, 0.1) is 11.3 Å². The number of halogens is 1. The molecule has 0 atom stereocenters. The smallest absolute Gasteiger partial charge is 0.335 e. The zero-order valence-electron chi connectivity index (χ0n) is 12.1. The van der Waals surface area contributed by atoms with Gasteiger partial charge in [0.25, 0.3) is 0 Å². The third-order valence-corrected chi connectivity index (χ3v) is 4.34. The van der Waals surface area contributed by atoms with E-state index in [1.54, 1.807) is 12.1 Å². The van der Waals surface area contributed by atoms with E-state index in [-0.39, 0.29) is 5.41 Å². The van der Waals surface area contributed by atoms with Gasteiger partial charge in [-0.3, -0.25) is 0 Å². The molecule has 0 amide bonds. The summed E-state index contributed by atoms with van der Waals surface area (Å²) in [7, 11) is 0. The fourth-order valence-corrected chi connectivity index (χ4v) is 3.10. The molecule has 0 radical (unpaired) electrons. The lowest BCUT2D eigenvalue weighted by Crippen LogP contribution is -2.31. The second-order valence-corrected chi connectivity index (χ2v) is 7.00. The largest absolute Gasteiger partial charge is 0.478 e. The second-order valence-electron chi connectivity index (χ2n) is 6.15. The van der Waals surface area contributed by atoms with E-state index in [0.717, 1.165) is 29.7 Å². The summed E-state index contributed by atoms with van der Waals surface area (Å²) in [6, 6.07) is 5.20. The highest BCUT2D eigenvalue weighted by atomic mass is 79.9. The molecule has 4 heteroatoms. The lowest BCUT2D eigenvalue weighted by molar-refractivity contribution is 0.0697. The third-order valence-electron chi connectivity index (χ3n) is 3.71. The van der Waals surface area contributed by atoms with Gasteiger partial charge in [-0.1, -0.05) is 32.4 Å². The molecule has 0 bridgehead atoms. The van der Waals surface area contributed by atoms with Gasteiger partial charge < -0.3 is 10.0 Å². The first-order chi connectivity index (χ1) is 9.29. The number of carboxylic acid groups (broad SMARTS) is 1. The van der Waals surface area contributed by atoms with Crippen LogP contribution in [0.2, 0.25) is 0 Å². The van der Waals surface area contributed by atoms with Gasteiger partial charge in [0.2, 0.25) is 0 Å². The first kappa shape index (κ1) is 15.1. The Bertz CT molecular complexity index is 558. The fourth-order valence-electron chi connectivity index (χ4n) is 2.47. The Balaban J connectivity index is 2.19. The highest BCUT2D eigenvalue weighted by Gasteiger charge is 2.22. The maximum Gasteiger partial charge on any atom is 0.335 e. The number of nitrogens with zero attached hydrogens (tertiary/aromatic N) is 1. The first-order valence-corrected chi connectivity index (χ1v) is 7.55. The Morgan fingerprint density at radius 2 is 2.05 bits per heavy atom. The minimum atomic E-state index is -0.897. The van der Waals surface area contributed by atoms with Crippen LogP contribution in [0.25, 0.3) is 0 Å². The number of carboxylic acids is 1. The lowest BCUT2D eigenvalue weighted by atomic mass is 9.83. The molecule has 20 heavy (non-hydrogen) atoms. The van der Waals surface area contributed by atoms with E-state index in [1.165, 1.54) is 5.57 Å². The van der Waals surface area contributed by atoms with Gasteiger partial charge >= 0.3 is 5.97 Å². The van der Waals surface area contributed by atoms with Gasteiger partial charge in [-0.15, -0.1) is 0 Å². The number of hydrogen-bond acceptors (Lipinski definition) is 2. The van der Waals surface area contributed by atoms with E-state index in [2.05, 4.69) is 47.7 Å². The number of carbonyl (C=O) groups is 1. The van der Waals surface area contributed by atoms with E-state index in [1.807, 2.05) is 6.07 Å². The molecule has 0 spiro atoms. The van der Waals surface area contributed by atoms with Crippen LogP contribution in [0.15, 0.2) is 34.3 Å². The molecule has 0 saturated heterocycles. The van der Waals surface area contributed by atoms with Crippen molar-refractivity contribution in [2.75, 3.05) is 18.0 Å². The van der Waals surface area contributed by atoms with Crippen LogP contribution in [0.3, 0.4) is 0 Å². The summed E-state index contributed by atoms with van der Waals surface area (Å²) >= 11 is 3.48. The zero-order valence-corrected chi connectivity index (χ0v) is 13.7. The first-order valence-electron chi connectivity index (χ1n) is 6.76. The van der Waals surface area contributed by atoms with Crippen molar-refractivity contribution < 1.29 is 9.90 Å². The maximum atomic E-state index is 11.0. The van der Waals surface area contributed by atoms with Crippen LogP contribution in [0.4, 0.5) is 5.69 Å². The molecule has 0 fully saturated rings. The highest BCUT2D eigenvalue weighted by molar-refractivity contribution is 9.10. The quantitative estimate of drug-likeness (QED) is 0.816. The van der Waals surface area contributed by atoms with E-state index in [0.29, 0.717) is 5.56 Å². The van der Waals surface area contributed by atoms with Gasteiger partial charge in [-0.25, -0.2) is 4.79 Å². The molecule has 108 valence electrons. The molecule has 1 aromatic carbocycles. The van der Waals surface area contributed by atoms with Gasteiger partial charge in [0.1, 0.15) is 0 Å². The van der Waals surface area contributed by atoms with Crippen molar-refractivity contribution in [2.24, 2.45) is 5.41 Å². The lowest BCUT2D eigenvalue weighted by Gasteiger charge is -2.34. The molecule has 0 saturated carbocycles. The topological polar surface area (TPSA) is 40.5 Å². The Morgan fingerprint density at radius 3 is 2.50 bits per heavy atom. The summed E-state index contributed by atoms with van der Waals surface area (Å²) in [6.45, 7) is 8.57. The molecular formula is C16H20BrNO2. The average molecular weight is 338 g/mol. The average Bonchev–Trinajstić information content (AvgIpc) is 2.37. The van der Waals surface area contributed by atoms with Crippen LogP contribution in [-0.2, 0) is 0 Å². The van der Waals surface area contributed by atoms with Crippen molar-refractivity contribution in [1.82, 2.24) is 0 Å². The molecule has 0 aromatic heterocycles. The van der Waals surface area contributed by atoms with Crippen molar-refractivity contribution in [3.05, 3.63) is 39.9 Å².